The number of hydrogen-bond donors (Lipinski definition) is 0. The van der Waals surface area contributed by atoms with Crippen molar-refractivity contribution in [3.63, 3.8) is 0 Å². The summed E-state index contributed by atoms with van der Waals surface area (Å²) in [7, 11) is 0. The van der Waals surface area contributed by atoms with Gasteiger partial charge in [0.25, 0.3) is 0 Å². The van der Waals surface area contributed by atoms with Gasteiger partial charge in [0.2, 0.25) is 0 Å². The molecule has 0 amide bonds. The number of thiazole rings is 2. The molecule has 10 rings (SSSR count). The molecule has 0 N–H and O–H groups in total. The van der Waals surface area contributed by atoms with Crippen molar-refractivity contribution < 1.29 is 23.9 Å². The van der Waals surface area contributed by atoms with Crippen LogP contribution in [0.4, 0.5) is 0 Å². The van der Waals surface area contributed by atoms with Gasteiger partial charge in [0.05, 0.1) is 25.6 Å². The minimum absolute atomic E-state index is 0.147. The molecule has 47 heavy (non-hydrogen) atoms. The molecule has 1 aliphatic heterocycles. The summed E-state index contributed by atoms with van der Waals surface area (Å²) < 4.78 is 9.07. The van der Waals surface area contributed by atoms with Gasteiger partial charge in [-0.3, -0.25) is 19.2 Å². The van der Waals surface area contributed by atoms with E-state index in [1.165, 1.54) is 22.7 Å². The Morgan fingerprint density at radius 1 is 0.596 bits per heavy atom. The summed E-state index contributed by atoms with van der Waals surface area (Å²) in [5, 5.41) is 1.25. The monoisotopic (exact) mass is 688 g/mol. The molecule has 7 nitrogen and oxygen atoms in total. The van der Waals surface area contributed by atoms with E-state index < -0.39 is 5.60 Å². The number of ether oxygens (including phenoxy) is 1. The van der Waals surface area contributed by atoms with Gasteiger partial charge in [0.1, 0.15) is 30.0 Å². The maximum atomic E-state index is 13.1. The maximum absolute atomic E-state index is 13.1. The third kappa shape index (κ3) is 3.82. The molecule has 0 radical (unpaired) electrons. The topological polar surface area (TPSA) is 103 Å². The van der Waals surface area contributed by atoms with Crippen LogP contribution in [0.1, 0.15) is 89.1 Å². The van der Waals surface area contributed by atoms with Gasteiger partial charge >= 0.3 is 0 Å². The van der Waals surface area contributed by atoms with Gasteiger partial charge in [-0.1, -0.05) is 55.0 Å². The Bertz CT molecular complexity index is 2440. The Balaban J connectivity index is 1.07. The molecule has 5 heterocycles. The van der Waals surface area contributed by atoms with Crippen LogP contribution < -0.4 is 4.74 Å². The van der Waals surface area contributed by atoms with Crippen LogP contribution in [0.25, 0.3) is 41.0 Å². The first-order valence-corrected chi connectivity index (χ1v) is 18.5. The van der Waals surface area contributed by atoms with Gasteiger partial charge < -0.3 is 4.74 Å². The van der Waals surface area contributed by atoms with Crippen molar-refractivity contribution >= 4 is 99.7 Å². The van der Waals surface area contributed by atoms with Crippen LogP contribution in [-0.2, 0) is 5.60 Å². The van der Waals surface area contributed by atoms with Gasteiger partial charge in [0, 0.05) is 27.8 Å². The summed E-state index contributed by atoms with van der Waals surface area (Å²) in [6, 6.07) is 13.9. The molecule has 1 spiro atoms. The largest absolute Gasteiger partial charge is 0.479 e. The van der Waals surface area contributed by atoms with Crippen molar-refractivity contribution in [1.29, 1.82) is 0 Å². The first kappa shape index (κ1) is 27.7. The number of allylic oxidation sites excluding steroid dienone is 2. The van der Waals surface area contributed by atoms with E-state index in [9.17, 15) is 19.2 Å². The number of nitrogens with zero attached hydrogens (tertiary/aromatic N) is 2. The van der Waals surface area contributed by atoms with Gasteiger partial charge in [0.15, 0.2) is 28.9 Å². The van der Waals surface area contributed by atoms with E-state index >= 15 is 0 Å². The summed E-state index contributed by atoms with van der Waals surface area (Å²) in [6.45, 7) is 0. The highest BCUT2D eigenvalue weighted by atomic mass is 32.1. The van der Waals surface area contributed by atoms with Gasteiger partial charge in [-0.25, -0.2) is 9.97 Å². The van der Waals surface area contributed by atoms with E-state index in [0.717, 1.165) is 72.2 Å². The van der Waals surface area contributed by atoms with E-state index in [1.54, 1.807) is 83.4 Å². The number of hydrogen-bond acceptors (Lipinski definition) is 11. The number of thiophene rings is 2. The maximum Gasteiger partial charge on any atom is 0.197 e. The molecule has 6 aromatic rings. The van der Waals surface area contributed by atoms with Crippen LogP contribution >= 0.6 is 45.3 Å². The summed E-state index contributed by atoms with van der Waals surface area (Å²) in [5.74, 6) is -0.211. The number of benzene rings is 2. The zero-order valence-corrected chi connectivity index (χ0v) is 27.6. The molecule has 1 saturated carbocycles. The SMILES string of the molecule is O=C1C(=Cc2nc3sc4c(c3s2)OC2(CCCCC2)c2c-4sc3nc(C=C4C(=O)c5ccccc5C4=O)sc23)C(=O)c2ccccc21. The molecule has 1 fully saturated rings. The van der Waals surface area contributed by atoms with Gasteiger partial charge in [-0.05, 0) is 37.8 Å². The van der Waals surface area contributed by atoms with Crippen molar-refractivity contribution in [1.82, 2.24) is 9.97 Å². The van der Waals surface area contributed by atoms with Crippen molar-refractivity contribution in [2.75, 3.05) is 0 Å². The average Bonchev–Trinajstić information content (AvgIpc) is 3.91. The molecular weight excluding hydrogens is 669 g/mol. The third-order valence-corrected chi connectivity index (χ3v) is 14.0. The second-order valence-corrected chi connectivity index (χ2v) is 16.2. The van der Waals surface area contributed by atoms with E-state index in [4.69, 9.17) is 14.7 Å². The smallest absolute Gasteiger partial charge is 0.197 e. The second kappa shape index (κ2) is 9.80. The van der Waals surface area contributed by atoms with Crippen molar-refractivity contribution in [2.45, 2.75) is 37.7 Å². The van der Waals surface area contributed by atoms with E-state index in [0.29, 0.717) is 32.3 Å². The molecule has 4 aliphatic rings. The van der Waals surface area contributed by atoms with Crippen molar-refractivity contribution in [3.8, 4) is 15.5 Å². The Morgan fingerprint density at radius 3 is 1.60 bits per heavy atom. The lowest BCUT2D eigenvalue weighted by molar-refractivity contribution is 0.0282. The number of ketones is 4. The summed E-state index contributed by atoms with van der Waals surface area (Å²) in [4.78, 5) is 65.8. The molecular formula is C36H20N2O5S4. The molecule has 4 aromatic heterocycles. The fourth-order valence-corrected chi connectivity index (χ4v) is 12.3. The average molecular weight is 689 g/mol. The lowest BCUT2D eigenvalue weighted by atomic mass is 9.78. The number of aromatic nitrogens is 2. The first-order valence-electron chi connectivity index (χ1n) is 15.3. The zero-order valence-electron chi connectivity index (χ0n) is 24.4. The first-order chi connectivity index (χ1) is 22.9. The number of rotatable bonds is 2. The van der Waals surface area contributed by atoms with Gasteiger partial charge in [-0.2, -0.15) is 0 Å². The Hall–Kier alpha value is -4.42. The zero-order chi connectivity index (χ0) is 31.6. The highest BCUT2D eigenvalue weighted by molar-refractivity contribution is 7.34. The molecule has 3 aliphatic carbocycles. The van der Waals surface area contributed by atoms with Crippen molar-refractivity contribution in [3.05, 3.63) is 97.5 Å². The highest BCUT2D eigenvalue weighted by Crippen LogP contribution is 2.62. The quantitative estimate of drug-likeness (QED) is 0.132. The van der Waals surface area contributed by atoms with Crippen LogP contribution in [0.5, 0.6) is 5.75 Å². The molecule has 2 aromatic carbocycles. The molecule has 0 saturated heterocycles. The van der Waals surface area contributed by atoms with Gasteiger partial charge in [-0.15, -0.1) is 45.3 Å². The molecule has 228 valence electrons. The number of Topliss-reactive ketones (excluding diaryl/α,β-unsaturated/α-hetero) is 4. The predicted molar refractivity (Wildman–Crippen MR) is 186 cm³/mol. The molecule has 0 bridgehead atoms. The fraction of sp³-hybridized carbons (Fsp3) is 0.167. The van der Waals surface area contributed by atoms with Crippen molar-refractivity contribution in [2.24, 2.45) is 0 Å². The normalized spacial score (nSPS) is 17.8. The lowest BCUT2D eigenvalue weighted by Gasteiger charge is -2.40. The summed E-state index contributed by atoms with van der Waals surface area (Å²) in [5.41, 5.74) is 2.72. The van der Waals surface area contributed by atoms with E-state index in [2.05, 4.69) is 0 Å². The minimum Gasteiger partial charge on any atom is -0.479 e. The van der Waals surface area contributed by atoms with Crippen LogP contribution in [0.3, 0.4) is 0 Å². The number of carbonyl (C=O) groups is 4. The highest BCUT2D eigenvalue weighted by Gasteiger charge is 2.47. The number of fused-ring (bicyclic) bond motifs is 10. The predicted octanol–water partition coefficient (Wildman–Crippen LogP) is 9.17. The summed E-state index contributed by atoms with van der Waals surface area (Å²) >= 11 is 6.15. The molecule has 11 heteroatoms. The molecule has 0 unspecified atom stereocenters. The Kier molecular flexibility index (Phi) is 5.77. The Morgan fingerprint density at radius 2 is 1.06 bits per heavy atom. The summed E-state index contributed by atoms with van der Waals surface area (Å²) in [6.07, 6.45) is 8.25. The lowest BCUT2D eigenvalue weighted by Crippen LogP contribution is -2.37. The standard InChI is InChI=1S/C36H20N2O5S4/c39-25-16-8-2-3-9-17(16)26(40)20(25)14-22-37-34-31(44-22)24-30(46-34)32-29(43-36(24)12-6-1-7-13-36)33-35(47-32)38-23(45-33)15-21-27(41)18-10-4-5-11-19(18)28(21)42/h2-5,8-11,14-15H,1,6-7,12-13H2. The number of carbonyl (C=O) groups excluding carboxylic acids is 4. The van der Waals surface area contributed by atoms with E-state index in [-0.39, 0.29) is 34.3 Å². The van der Waals surface area contributed by atoms with Crippen LogP contribution in [0, 0.1) is 0 Å². The Labute approximate surface area is 282 Å². The third-order valence-electron chi connectivity index (χ3n) is 9.46. The minimum atomic E-state index is -0.513. The second-order valence-electron chi connectivity index (χ2n) is 12.1. The molecule has 0 atom stereocenters. The van der Waals surface area contributed by atoms with Crippen LogP contribution in [0.15, 0.2) is 59.7 Å². The van der Waals surface area contributed by atoms with E-state index in [1.807, 2.05) is 0 Å². The van der Waals surface area contributed by atoms with Crippen LogP contribution in [0.2, 0.25) is 0 Å². The fourth-order valence-electron chi connectivity index (χ4n) is 7.30. The van der Waals surface area contributed by atoms with Crippen LogP contribution in [-0.4, -0.2) is 33.1 Å².